The van der Waals surface area contributed by atoms with Gasteiger partial charge in [0.2, 0.25) is 0 Å². The molecular formula is C17H17Cl2N. The van der Waals surface area contributed by atoms with Gasteiger partial charge in [0, 0.05) is 16.3 Å². The molecule has 2 aromatic rings. The zero-order valence-electron chi connectivity index (χ0n) is 11.8. The molecule has 0 saturated carbocycles. The van der Waals surface area contributed by atoms with Crippen LogP contribution in [0.2, 0.25) is 10.0 Å². The van der Waals surface area contributed by atoms with Gasteiger partial charge in [0.15, 0.2) is 0 Å². The van der Waals surface area contributed by atoms with E-state index >= 15 is 0 Å². The van der Waals surface area contributed by atoms with Gasteiger partial charge in [0.05, 0.1) is 6.04 Å². The fraction of sp³-hybridized carbons (Fsp3) is 0.235. The summed E-state index contributed by atoms with van der Waals surface area (Å²) in [4.78, 5) is 4.60. The molecule has 0 aliphatic carbocycles. The van der Waals surface area contributed by atoms with Crippen LogP contribution in [-0.2, 0) is 0 Å². The Hall–Kier alpha value is -1.31. The first-order valence-corrected chi connectivity index (χ1v) is 7.28. The zero-order chi connectivity index (χ0) is 14.7. The Morgan fingerprint density at radius 2 is 1.80 bits per heavy atom. The molecule has 1 unspecified atom stereocenters. The predicted octanol–water partition coefficient (Wildman–Crippen LogP) is 5.79. The van der Waals surface area contributed by atoms with Crippen molar-refractivity contribution in [1.82, 2.24) is 0 Å². The quantitative estimate of drug-likeness (QED) is 0.636. The molecule has 1 nitrogen and oxygen atoms in total. The van der Waals surface area contributed by atoms with Crippen molar-refractivity contribution in [3.8, 4) is 0 Å². The smallest absolute Gasteiger partial charge is 0.0735 e. The SMILES string of the molecule is Cc1ccc(C)c(/C=N\C(C)c2ccc(Cl)cc2Cl)c1. The summed E-state index contributed by atoms with van der Waals surface area (Å²) in [6, 6.07) is 11.9. The third-order valence-corrected chi connectivity index (χ3v) is 3.85. The lowest BCUT2D eigenvalue weighted by Gasteiger charge is -2.10. The van der Waals surface area contributed by atoms with Crippen LogP contribution in [0.25, 0.3) is 0 Å². The van der Waals surface area contributed by atoms with E-state index in [2.05, 4.69) is 37.0 Å². The second-order valence-corrected chi connectivity index (χ2v) is 5.82. The van der Waals surface area contributed by atoms with Gasteiger partial charge in [-0.1, -0.05) is 53.0 Å². The topological polar surface area (TPSA) is 12.4 Å². The maximum Gasteiger partial charge on any atom is 0.0735 e. The summed E-state index contributed by atoms with van der Waals surface area (Å²) < 4.78 is 0. The minimum atomic E-state index is -0.000297. The lowest BCUT2D eigenvalue weighted by atomic mass is 10.1. The summed E-state index contributed by atoms with van der Waals surface area (Å²) in [6.07, 6.45) is 1.91. The second-order valence-electron chi connectivity index (χ2n) is 4.98. The molecule has 0 N–H and O–H groups in total. The molecule has 0 heterocycles. The van der Waals surface area contributed by atoms with Gasteiger partial charge in [-0.15, -0.1) is 0 Å². The number of nitrogens with zero attached hydrogens (tertiary/aromatic N) is 1. The van der Waals surface area contributed by atoms with Crippen LogP contribution in [0.15, 0.2) is 41.4 Å². The average Bonchev–Trinajstić information content (AvgIpc) is 2.39. The number of hydrogen-bond acceptors (Lipinski definition) is 1. The third-order valence-electron chi connectivity index (χ3n) is 3.28. The first-order chi connectivity index (χ1) is 9.47. The molecule has 0 aliphatic rings. The summed E-state index contributed by atoms with van der Waals surface area (Å²) in [7, 11) is 0. The molecule has 1 atom stereocenters. The van der Waals surface area contributed by atoms with E-state index in [0.29, 0.717) is 10.0 Å². The highest BCUT2D eigenvalue weighted by Crippen LogP contribution is 2.28. The van der Waals surface area contributed by atoms with E-state index in [9.17, 15) is 0 Å². The number of halogens is 2. The van der Waals surface area contributed by atoms with Crippen LogP contribution in [0.1, 0.15) is 35.2 Å². The fourth-order valence-electron chi connectivity index (χ4n) is 2.01. The van der Waals surface area contributed by atoms with Crippen molar-refractivity contribution in [2.75, 3.05) is 0 Å². The first-order valence-electron chi connectivity index (χ1n) is 6.53. The van der Waals surface area contributed by atoms with Crippen molar-refractivity contribution >= 4 is 29.4 Å². The van der Waals surface area contributed by atoms with Crippen molar-refractivity contribution < 1.29 is 0 Å². The summed E-state index contributed by atoms with van der Waals surface area (Å²) in [6.45, 7) is 6.19. The summed E-state index contributed by atoms with van der Waals surface area (Å²) in [5.74, 6) is 0. The third kappa shape index (κ3) is 3.62. The summed E-state index contributed by atoms with van der Waals surface area (Å²) in [5, 5.41) is 1.30. The van der Waals surface area contributed by atoms with E-state index in [1.165, 1.54) is 11.1 Å². The maximum atomic E-state index is 6.20. The molecule has 0 fully saturated rings. The van der Waals surface area contributed by atoms with E-state index in [1.807, 2.05) is 25.3 Å². The second kappa shape index (κ2) is 6.43. The van der Waals surface area contributed by atoms with E-state index < -0.39 is 0 Å². The van der Waals surface area contributed by atoms with Crippen LogP contribution in [0.5, 0.6) is 0 Å². The molecule has 20 heavy (non-hydrogen) atoms. The Labute approximate surface area is 130 Å². The van der Waals surface area contributed by atoms with E-state index in [-0.39, 0.29) is 6.04 Å². The molecule has 0 aliphatic heterocycles. The highest BCUT2D eigenvalue weighted by Gasteiger charge is 2.08. The summed E-state index contributed by atoms with van der Waals surface area (Å²) >= 11 is 12.1. The van der Waals surface area contributed by atoms with E-state index in [0.717, 1.165) is 11.1 Å². The minimum absolute atomic E-state index is 0.000297. The molecule has 0 radical (unpaired) electrons. The average molecular weight is 306 g/mol. The normalized spacial score (nSPS) is 12.8. The van der Waals surface area contributed by atoms with Crippen molar-refractivity contribution in [3.05, 3.63) is 68.7 Å². The van der Waals surface area contributed by atoms with Gasteiger partial charge < -0.3 is 0 Å². The molecule has 3 heteroatoms. The van der Waals surface area contributed by atoms with Crippen molar-refractivity contribution in [1.29, 1.82) is 0 Å². The molecule has 0 amide bonds. The zero-order valence-corrected chi connectivity index (χ0v) is 13.3. The monoisotopic (exact) mass is 305 g/mol. The van der Waals surface area contributed by atoms with Crippen LogP contribution >= 0.6 is 23.2 Å². The molecule has 2 rings (SSSR count). The van der Waals surface area contributed by atoms with Crippen LogP contribution in [0.3, 0.4) is 0 Å². The van der Waals surface area contributed by atoms with Crippen LogP contribution in [0.4, 0.5) is 0 Å². The highest BCUT2D eigenvalue weighted by atomic mass is 35.5. The molecule has 104 valence electrons. The molecular weight excluding hydrogens is 289 g/mol. The van der Waals surface area contributed by atoms with E-state index in [1.54, 1.807) is 6.07 Å². The number of benzene rings is 2. The van der Waals surface area contributed by atoms with Gasteiger partial charge in [-0.25, -0.2) is 0 Å². The van der Waals surface area contributed by atoms with Crippen LogP contribution in [-0.4, -0.2) is 6.21 Å². The number of aliphatic imine (C=N–C) groups is 1. The Bertz CT molecular complexity index is 647. The van der Waals surface area contributed by atoms with Gasteiger partial charge >= 0.3 is 0 Å². The van der Waals surface area contributed by atoms with Gasteiger partial charge in [-0.3, -0.25) is 4.99 Å². The minimum Gasteiger partial charge on any atom is -0.285 e. The lowest BCUT2D eigenvalue weighted by molar-refractivity contribution is 0.825. The Morgan fingerprint density at radius 1 is 1.05 bits per heavy atom. The standard InChI is InChI=1S/C17H17Cl2N/c1-11-4-5-12(2)14(8-11)10-20-13(3)16-7-6-15(18)9-17(16)19/h4-10,13H,1-3H3/b20-10-. The first kappa shape index (κ1) is 15.1. The summed E-state index contributed by atoms with van der Waals surface area (Å²) in [5.41, 5.74) is 4.57. The number of aryl methyl sites for hydroxylation is 2. The Balaban J connectivity index is 2.24. The largest absolute Gasteiger partial charge is 0.285 e. The van der Waals surface area contributed by atoms with Crippen LogP contribution < -0.4 is 0 Å². The molecule has 0 spiro atoms. The van der Waals surface area contributed by atoms with Gasteiger partial charge in [-0.05, 0) is 49.6 Å². The molecule has 0 saturated heterocycles. The van der Waals surface area contributed by atoms with Crippen molar-refractivity contribution in [2.24, 2.45) is 4.99 Å². The van der Waals surface area contributed by atoms with Crippen molar-refractivity contribution in [2.45, 2.75) is 26.8 Å². The lowest BCUT2D eigenvalue weighted by Crippen LogP contribution is -1.94. The molecule has 0 bridgehead atoms. The van der Waals surface area contributed by atoms with Gasteiger partial charge in [0.1, 0.15) is 0 Å². The molecule has 2 aromatic carbocycles. The van der Waals surface area contributed by atoms with Gasteiger partial charge in [-0.2, -0.15) is 0 Å². The van der Waals surface area contributed by atoms with E-state index in [4.69, 9.17) is 23.2 Å². The Kier molecular flexibility index (Phi) is 4.85. The number of hydrogen-bond donors (Lipinski definition) is 0. The predicted molar refractivity (Wildman–Crippen MR) is 88.4 cm³/mol. The van der Waals surface area contributed by atoms with Crippen molar-refractivity contribution in [3.63, 3.8) is 0 Å². The highest BCUT2D eigenvalue weighted by molar-refractivity contribution is 6.35. The maximum absolute atomic E-state index is 6.20. The van der Waals surface area contributed by atoms with Crippen LogP contribution in [0, 0.1) is 13.8 Å². The van der Waals surface area contributed by atoms with Gasteiger partial charge in [0.25, 0.3) is 0 Å². The molecule has 0 aromatic heterocycles. The fourth-order valence-corrected chi connectivity index (χ4v) is 2.58. The Morgan fingerprint density at radius 3 is 2.50 bits per heavy atom. The number of rotatable bonds is 3.